The molecule has 0 aromatic carbocycles. The molecule has 0 spiro atoms. The van der Waals surface area contributed by atoms with Gasteiger partial charge in [-0.1, -0.05) is 79.1 Å². The van der Waals surface area contributed by atoms with Gasteiger partial charge in [-0.15, -0.1) is 0 Å². The summed E-state index contributed by atoms with van der Waals surface area (Å²) in [6, 6.07) is 0. The van der Waals surface area contributed by atoms with Crippen LogP contribution in [0.3, 0.4) is 0 Å². The van der Waals surface area contributed by atoms with Crippen molar-refractivity contribution in [1.29, 1.82) is 0 Å². The first-order valence-corrected chi connectivity index (χ1v) is 9.19. The van der Waals surface area contributed by atoms with E-state index >= 15 is 0 Å². The van der Waals surface area contributed by atoms with Crippen LogP contribution in [0.15, 0.2) is 24.7 Å². The van der Waals surface area contributed by atoms with E-state index in [2.05, 4.69) is 39.8 Å². The molecule has 0 aliphatic carbocycles. The second kappa shape index (κ2) is 15.7. The standard InChI is InChI=1S/C20H38O/c1-5-7-9-11-13-19(3)15-17-21-18-16-20(4)14-12-10-8-6-2/h15-20H,5-14H2,1-4H3. The lowest BCUT2D eigenvalue weighted by Crippen LogP contribution is -1.91. The smallest absolute Gasteiger partial charge is 0.0864 e. The number of rotatable bonds is 14. The number of allylic oxidation sites excluding steroid dienone is 2. The van der Waals surface area contributed by atoms with Crippen LogP contribution in [0.2, 0.25) is 0 Å². The van der Waals surface area contributed by atoms with Crippen molar-refractivity contribution in [3.05, 3.63) is 24.7 Å². The van der Waals surface area contributed by atoms with Crippen molar-refractivity contribution in [3.63, 3.8) is 0 Å². The van der Waals surface area contributed by atoms with Crippen molar-refractivity contribution in [2.45, 2.75) is 91.9 Å². The van der Waals surface area contributed by atoms with Crippen molar-refractivity contribution in [3.8, 4) is 0 Å². The Morgan fingerprint density at radius 3 is 1.48 bits per heavy atom. The maximum absolute atomic E-state index is 5.47. The van der Waals surface area contributed by atoms with E-state index in [0.29, 0.717) is 11.8 Å². The SMILES string of the molecule is CCCCCCC(C)C=COC=CC(C)CCCCCC. The molecule has 0 saturated heterocycles. The van der Waals surface area contributed by atoms with E-state index in [-0.39, 0.29) is 0 Å². The predicted molar refractivity (Wildman–Crippen MR) is 95.2 cm³/mol. The van der Waals surface area contributed by atoms with Gasteiger partial charge in [0.25, 0.3) is 0 Å². The Hall–Kier alpha value is -0.720. The summed E-state index contributed by atoms with van der Waals surface area (Å²) in [6.45, 7) is 9.06. The molecule has 124 valence electrons. The molecule has 2 atom stereocenters. The number of unbranched alkanes of at least 4 members (excludes halogenated alkanes) is 6. The Bertz CT molecular complexity index is 229. The van der Waals surface area contributed by atoms with Gasteiger partial charge >= 0.3 is 0 Å². The largest absolute Gasteiger partial charge is 0.473 e. The lowest BCUT2D eigenvalue weighted by Gasteiger charge is -2.06. The van der Waals surface area contributed by atoms with Crippen LogP contribution in [-0.2, 0) is 4.74 Å². The molecule has 0 aromatic rings. The third-order valence-corrected chi connectivity index (χ3v) is 4.00. The predicted octanol–water partition coefficient (Wildman–Crippen LogP) is 7.24. The first-order chi connectivity index (χ1) is 10.2. The molecule has 0 radical (unpaired) electrons. The van der Waals surface area contributed by atoms with Crippen LogP contribution in [-0.4, -0.2) is 0 Å². The Kier molecular flexibility index (Phi) is 15.1. The highest BCUT2D eigenvalue weighted by atomic mass is 16.5. The summed E-state index contributed by atoms with van der Waals surface area (Å²) >= 11 is 0. The molecule has 0 N–H and O–H groups in total. The van der Waals surface area contributed by atoms with E-state index in [1.54, 1.807) is 0 Å². The summed E-state index contributed by atoms with van der Waals surface area (Å²) in [6.07, 6.45) is 21.4. The van der Waals surface area contributed by atoms with Crippen molar-refractivity contribution < 1.29 is 4.74 Å². The molecule has 0 saturated carbocycles. The van der Waals surface area contributed by atoms with Crippen molar-refractivity contribution in [1.82, 2.24) is 0 Å². The lowest BCUT2D eigenvalue weighted by atomic mass is 10.0. The van der Waals surface area contributed by atoms with Crippen LogP contribution in [0.25, 0.3) is 0 Å². The first-order valence-electron chi connectivity index (χ1n) is 9.19. The molecule has 21 heavy (non-hydrogen) atoms. The van der Waals surface area contributed by atoms with Gasteiger partial charge in [-0.3, -0.25) is 0 Å². The van der Waals surface area contributed by atoms with E-state index in [1.165, 1.54) is 64.2 Å². The summed E-state index contributed by atoms with van der Waals surface area (Å²) in [5.74, 6) is 1.25. The molecular weight excluding hydrogens is 256 g/mol. The Balaban J connectivity index is 3.56. The first kappa shape index (κ1) is 20.3. The summed E-state index contributed by atoms with van der Waals surface area (Å²) in [5.41, 5.74) is 0. The quantitative estimate of drug-likeness (QED) is 0.242. The Morgan fingerprint density at radius 1 is 0.667 bits per heavy atom. The van der Waals surface area contributed by atoms with E-state index in [4.69, 9.17) is 4.74 Å². The highest BCUT2D eigenvalue weighted by molar-refractivity contribution is 4.85. The molecule has 0 heterocycles. The monoisotopic (exact) mass is 294 g/mol. The number of ether oxygens (including phenoxy) is 1. The second-order valence-electron chi connectivity index (χ2n) is 6.45. The molecule has 0 aromatic heterocycles. The highest BCUT2D eigenvalue weighted by Crippen LogP contribution is 2.13. The molecule has 1 heteroatoms. The van der Waals surface area contributed by atoms with Gasteiger partial charge in [-0.2, -0.15) is 0 Å². The second-order valence-corrected chi connectivity index (χ2v) is 6.45. The van der Waals surface area contributed by atoms with Crippen LogP contribution in [0, 0.1) is 11.8 Å². The van der Waals surface area contributed by atoms with E-state index in [1.807, 2.05) is 12.5 Å². The highest BCUT2D eigenvalue weighted by Gasteiger charge is 1.98. The zero-order valence-corrected chi connectivity index (χ0v) is 14.9. The van der Waals surface area contributed by atoms with E-state index < -0.39 is 0 Å². The van der Waals surface area contributed by atoms with Crippen molar-refractivity contribution in [2.24, 2.45) is 11.8 Å². The van der Waals surface area contributed by atoms with E-state index in [0.717, 1.165) is 0 Å². The van der Waals surface area contributed by atoms with E-state index in [9.17, 15) is 0 Å². The van der Waals surface area contributed by atoms with Crippen LogP contribution < -0.4 is 0 Å². The van der Waals surface area contributed by atoms with Gasteiger partial charge in [0, 0.05) is 0 Å². The third-order valence-electron chi connectivity index (χ3n) is 4.00. The molecule has 1 nitrogen and oxygen atoms in total. The molecular formula is C20H38O. The molecule has 0 aliphatic heterocycles. The fourth-order valence-corrected chi connectivity index (χ4v) is 2.38. The fourth-order valence-electron chi connectivity index (χ4n) is 2.38. The van der Waals surface area contributed by atoms with Gasteiger partial charge in [-0.05, 0) is 36.8 Å². The zero-order chi connectivity index (χ0) is 15.8. The average Bonchev–Trinajstić information content (AvgIpc) is 2.48. The Labute approximate surface area is 133 Å². The molecule has 0 aliphatic rings. The van der Waals surface area contributed by atoms with Gasteiger partial charge in [0.05, 0.1) is 12.5 Å². The van der Waals surface area contributed by atoms with Crippen LogP contribution in [0.5, 0.6) is 0 Å². The summed E-state index contributed by atoms with van der Waals surface area (Å²) < 4.78 is 5.47. The van der Waals surface area contributed by atoms with Gasteiger partial charge in [0.15, 0.2) is 0 Å². The fraction of sp³-hybridized carbons (Fsp3) is 0.800. The number of hydrogen-bond donors (Lipinski definition) is 0. The zero-order valence-electron chi connectivity index (χ0n) is 14.9. The molecule has 0 bridgehead atoms. The Morgan fingerprint density at radius 2 is 1.10 bits per heavy atom. The molecule has 0 fully saturated rings. The normalized spacial score (nSPS) is 14.9. The average molecular weight is 295 g/mol. The van der Waals surface area contributed by atoms with Crippen LogP contribution in [0.1, 0.15) is 91.9 Å². The maximum atomic E-state index is 5.47. The van der Waals surface area contributed by atoms with Crippen molar-refractivity contribution >= 4 is 0 Å². The van der Waals surface area contributed by atoms with Crippen molar-refractivity contribution in [2.75, 3.05) is 0 Å². The minimum absolute atomic E-state index is 0.627. The summed E-state index contributed by atoms with van der Waals surface area (Å²) in [5, 5.41) is 0. The number of hydrogen-bond acceptors (Lipinski definition) is 1. The van der Waals surface area contributed by atoms with Gasteiger partial charge in [0.1, 0.15) is 0 Å². The lowest BCUT2D eigenvalue weighted by molar-refractivity contribution is 0.389. The van der Waals surface area contributed by atoms with Crippen LogP contribution >= 0.6 is 0 Å². The minimum atomic E-state index is 0.627. The molecule has 0 amide bonds. The molecule has 0 rings (SSSR count). The van der Waals surface area contributed by atoms with Gasteiger partial charge in [-0.25, -0.2) is 0 Å². The minimum Gasteiger partial charge on any atom is -0.473 e. The van der Waals surface area contributed by atoms with Gasteiger partial charge < -0.3 is 4.74 Å². The van der Waals surface area contributed by atoms with Crippen LogP contribution in [0.4, 0.5) is 0 Å². The topological polar surface area (TPSA) is 9.23 Å². The molecule has 2 unspecified atom stereocenters. The maximum Gasteiger partial charge on any atom is 0.0864 e. The van der Waals surface area contributed by atoms with Gasteiger partial charge in [0.2, 0.25) is 0 Å². The third kappa shape index (κ3) is 15.5. The summed E-state index contributed by atoms with van der Waals surface area (Å²) in [4.78, 5) is 0. The summed E-state index contributed by atoms with van der Waals surface area (Å²) in [7, 11) is 0.